The van der Waals surface area contributed by atoms with Crippen LogP contribution in [-0.2, 0) is 4.79 Å². The summed E-state index contributed by atoms with van der Waals surface area (Å²) in [6, 6.07) is 12.2. The molecule has 120 valence electrons. The first kappa shape index (κ1) is 16.2. The van der Waals surface area contributed by atoms with Crippen molar-refractivity contribution in [3.63, 3.8) is 0 Å². The van der Waals surface area contributed by atoms with Crippen molar-refractivity contribution in [2.75, 3.05) is 5.32 Å². The number of aromatic nitrogens is 2. The third-order valence-electron chi connectivity index (χ3n) is 3.13. The molecule has 5 nitrogen and oxygen atoms in total. The number of anilines is 1. The van der Waals surface area contributed by atoms with Crippen LogP contribution in [0.4, 0.5) is 5.69 Å². The molecule has 0 saturated heterocycles. The summed E-state index contributed by atoms with van der Waals surface area (Å²) in [5.74, 6) is 0.166. The standard InChI is InChI=1S/C17H11Cl2N3O2/c18-14-7-1-11(9-15(14)19)2-8-16(23)21-13-5-3-12(4-6-13)17-22-20-10-24-17/h1-10H,(H,21,23). The van der Waals surface area contributed by atoms with Crippen molar-refractivity contribution >= 4 is 40.9 Å². The number of rotatable bonds is 4. The number of nitrogens with zero attached hydrogens (tertiary/aromatic N) is 2. The lowest BCUT2D eigenvalue weighted by atomic mass is 10.2. The van der Waals surface area contributed by atoms with E-state index < -0.39 is 0 Å². The first-order chi connectivity index (χ1) is 11.6. The average molecular weight is 360 g/mol. The predicted molar refractivity (Wildman–Crippen MR) is 93.9 cm³/mol. The lowest BCUT2D eigenvalue weighted by Gasteiger charge is -2.03. The Kier molecular flexibility index (Phi) is 4.93. The van der Waals surface area contributed by atoms with Gasteiger partial charge in [0.25, 0.3) is 0 Å². The van der Waals surface area contributed by atoms with E-state index in [1.54, 1.807) is 48.5 Å². The minimum Gasteiger partial charge on any atom is -0.423 e. The predicted octanol–water partition coefficient (Wildman–Crippen LogP) is 4.70. The molecule has 1 aromatic heterocycles. The first-order valence-electron chi connectivity index (χ1n) is 6.92. The van der Waals surface area contributed by atoms with Crippen molar-refractivity contribution < 1.29 is 9.21 Å². The van der Waals surface area contributed by atoms with Crippen LogP contribution in [0.15, 0.2) is 59.4 Å². The first-order valence-corrected chi connectivity index (χ1v) is 7.68. The van der Waals surface area contributed by atoms with E-state index >= 15 is 0 Å². The number of carbonyl (C=O) groups excluding carboxylic acids is 1. The minimum atomic E-state index is -0.258. The Labute approximate surface area is 147 Å². The fraction of sp³-hybridized carbons (Fsp3) is 0. The molecule has 0 saturated carbocycles. The molecular formula is C17H11Cl2N3O2. The number of carbonyl (C=O) groups is 1. The van der Waals surface area contributed by atoms with E-state index in [0.717, 1.165) is 11.1 Å². The summed E-state index contributed by atoms with van der Waals surface area (Å²) < 4.78 is 5.11. The van der Waals surface area contributed by atoms with Crippen molar-refractivity contribution in [1.29, 1.82) is 0 Å². The van der Waals surface area contributed by atoms with Crippen LogP contribution in [-0.4, -0.2) is 16.1 Å². The van der Waals surface area contributed by atoms with E-state index in [-0.39, 0.29) is 5.91 Å². The number of nitrogens with one attached hydrogen (secondary N) is 1. The number of amides is 1. The third kappa shape index (κ3) is 4.01. The SMILES string of the molecule is O=C(C=Cc1ccc(Cl)c(Cl)c1)Nc1ccc(-c2nnco2)cc1. The van der Waals surface area contributed by atoms with Crippen LogP contribution in [0.3, 0.4) is 0 Å². The van der Waals surface area contributed by atoms with Gasteiger partial charge in [0.05, 0.1) is 10.0 Å². The van der Waals surface area contributed by atoms with Gasteiger partial charge in [-0.2, -0.15) is 0 Å². The summed E-state index contributed by atoms with van der Waals surface area (Å²) in [5.41, 5.74) is 2.21. The molecule has 0 aliphatic rings. The van der Waals surface area contributed by atoms with Gasteiger partial charge in [-0.05, 0) is 48.0 Å². The Hall–Kier alpha value is -2.63. The number of hydrogen-bond acceptors (Lipinski definition) is 4. The van der Waals surface area contributed by atoms with Gasteiger partial charge in [-0.1, -0.05) is 29.3 Å². The summed E-state index contributed by atoms with van der Waals surface area (Å²) in [6.07, 6.45) is 4.34. The molecule has 0 aliphatic heterocycles. The van der Waals surface area contributed by atoms with Gasteiger partial charge < -0.3 is 9.73 Å². The van der Waals surface area contributed by atoms with E-state index in [4.69, 9.17) is 27.6 Å². The second-order valence-electron chi connectivity index (χ2n) is 4.82. The van der Waals surface area contributed by atoms with Crippen molar-refractivity contribution in [2.24, 2.45) is 0 Å². The van der Waals surface area contributed by atoms with Gasteiger partial charge in [-0.25, -0.2) is 0 Å². The second-order valence-corrected chi connectivity index (χ2v) is 5.63. The van der Waals surface area contributed by atoms with Crippen molar-refractivity contribution in [3.8, 4) is 11.5 Å². The smallest absolute Gasteiger partial charge is 0.248 e. The normalized spacial score (nSPS) is 10.9. The summed E-state index contributed by atoms with van der Waals surface area (Å²) in [7, 11) is 0. The number of benzene rings is 2. The van der Waals surface area contributed by atoms with Crippen LogP contribution in [0.5, 0.6) is 0 Å². The molecular weight excluding hydrogens is 349 g/mol. The molecule has 0 spiro atoms. The highest BCUT2D eigenvalue weighted by molar-refractivity contribution is 6.42. The maximum absolute atomic E-state index is 12.0. The molecule has 3 aromatic rings. The van der Waals surface area contributed by atoms with Crippen LogP contribution >= 0.6 is 23.2 Å². The monoisotopic (exact) mass is 359 g/mol. The fourth-order valence-electron chi connectivity index (χ4n) is 1.97. The molecule has 1 amide bonds. The van der Waals surface area contributed by atoms with Gasteiger partial charge in [0.15, 0.2) is 0 Å². The second kappa shape index (κ2) is 7.29. The van der Waals surface area contributed by atoms with Crippen LogP contribution in [0.25, 0.3) is 17.5 Å². The molecule has 7 heteroatoms. The van der Waals surface area contributed by atoms with Crippen molar-refractivity contribution in [2.45, 2.75) is 0 Å². The van der Waals surface area contributed by atoms with Gasteiger partial charge >= 0.3 is 0 Å². The van der Waals surface area contributed by atoms with Crippen molar-refractivity contribution in [1.82, 2.24) is 10.2 Å². The largest absolute Gasteiger partial charge is 0.423 e. The molecule has 0 bridgehead atoms. The Balaban J connectivity index is 1.64. The number of hydrogen-bond donors (Lipinski definition) is 1. The highest BCUT2D eigenvalue weighted by atomic mass is 35.5. The van der Waals surface area contributed by atoms with Crippen LogP contribution in [0, 0.1) is 0 Å². The molecule has 2 aromatic carbocycles. The molecule has 0 atom stereocenters. The molecule has 0 unspecified atom stereocenters. The van der Waals surface area contributed by atoms with Gasteiger partial charge in [0.1, 0.15) is 0 Å². The lowest BCUT2D eigenvalue weighted by molar-refractivity contribution is -0.111. The van der Waals surface area contributed by atoms with Crippen LogP contribution < -0.4 is 5.32 Å². The zero-order valence-electron chi connectivity index (χ0n) is 12.2. The maximum atomic E-state index is 12.0. The van der Waals surface area contributed by atoms with E-state index in [2.05, 4.69) is 15.5 Å². The summed E-state index contributed by atoms with van der Waals surface area (Å²) in [5, 5.41) is 11.1. The molecule has 0 fully saturated rings. The Morgan fingerprint density at radius 3 is 2.54 bits per heavy atom. The quantitative estimate of drug-likeness (QED) is 0.685. The highest BCUT2D eigenvalue weighted by Crippen LogP contribution is 2.23. The zero-order valence-corrected chi connectivity index (χ0v) is 13.8. The van der Waals surface area contributed by atoms with Gasteiger partial charge in [0.2, 0.25) is 18.2 Å². The number of halogens is 2. The van der Waals surface area contributed by atoms with Gasteiger partial charge in [0, 0.05) is 17.3 Å². The molecule has 24 heavy (non-hydrogen) atoms. The lowest BCUT2D eigenvalue weighted by Crippen LogP contribution is -2.07. The maximum Gasteiger partial charge on any atom is 0.248 e. The summed E-state index contributed by atoms with van der Waals surface area (Å²) >= 11 is 11.8. The van der Waals surface area contributed by atoms with E-state index in [1.165, 1.54) is 12.5 Å². The Morgan fingerprint density at radius 1 is 1.08 bits per heavy atom. The van der Waals surface area contributed by atoms with E-state index in [1.807, 2.05) is 0 Å². The summed E-state index contributed by atoms with van der Waals surface area (Å²) in [6.45, 7) is 0. The molecule has 3 rings (SSSR count). The molecule has 1 heterocycles. The molecule has 1 N–H and O–H groups in total. The third-order valence-corrected chi connectivity index (χ3v) is 3.87. The van der Waals surface area contributed by atoms with Gasteiger partial charge in [-0.3, -0.25) is 4.79 Å². The average Bonchev–Trinajstić information content (AvgIpc) is 3.11. The molecule has 0 aliphatic carbocycles. The van der Waals surface area contributed by atoms with E-state index in [9.17, 15) is 4.79 Å². The molecule has 0 radical (unpaired) electrons. The van der Waals surface area contributed by atoms with Crippen LogP contribution in [0.2, 0.25) is 10.0 Å². The Morgan fingerprint density at radius 2 is 1.88 bits per heavy atom. The van der Waals surface area contributed by atoms with Crippen molar-refractivity contribution in [3.05, 3.63) is 70.5 Å². The van der Waals surface area contributed by atoms with Gasteiger partial charge in [-0.15, -0.1) is 10.2 Å². The fourth-order valence-corrected chi connectivity index (χ4v) is 2.27. The zero-order chi connectivity index (χ0) is 16.9. The summed E-state index contributed by atoms with van der Waals surface area (Å²) in [4.78, 5) is 12.0. The minimum absolute atomic E-state index is 0.258. The van der Waals surface area contributed by atoms with Crippen LogP contribution in [0.1, 0.15) is 5.56 Å². The Bertz CT molecular complexity index is 875. The van der Waals surface area contributed by atoms with E-state index in [0.29, 0.717) is 21.6 Å². The highest BCUT2D eigenvalue weighted by Gasteiger charge is 2.04. The topological polar surface area (TPSA) is 68.0 Å².